The quantitative estimate of drug-likeness (QED) is 0.506. The van der Waals surface area contributed by atoms with Crippen LogP contribution in [0.15, 0.2) is 24.3 Å². The molecule has 0 unspecified atom stereocenters. The predicted octanol–water partition coefficient (Wildman–Crippen LogP) is 5.54. The molecule has 6 nitrogen and oxygen atoms in total. The van der Waals surface area contributed by atoms with Gasteiger partial charge in [0, 0.05) is 41.3 Å². The second-order valence-corrected chi connectivity index (χ2v) is 10.9. The van der Waals surface area contributed by atoms with Crippen LogP contribution in [0.2, 0.25) is 0 Å². The minimum absolute atomic E-state index is 0.207. The summed E-state index contributed by atoms with van der Waals surface area (Å²) in [5, 5.41) is 3.39. The molecular formula is C30H42F2N2O4. The van der Waals surface area contributed by atoms with Crippen LogP contribution in [0.4, 0.5) is 8.78 Å². The summed E-state index contributed by atoms with van der Waals surface area (Å²) in [5.41, 5.74) is 1.69. The van der Waals surface area contributed by atoms with Crippen LogP contribution in [0.1, 0.15) is 58.1 Å². The number of nitrogens with zero attached hydrogens (tertiary/aromatic N) is 1. The molecule has 0 aromatic heterocycles. The predicted molar refractivity (Wildman–Crippen MR) is 145 cm³/mol. The van der Waals surface area contributed by atoms with Gasteiger partial charge in [0.25, 0.3) is 0 Å². The molecule has 3 aliphatic rings. The monoisotopic (exact) mass is 532 g/mol. The van der Waals surface area contributed by atoms with Gasteiger partial charge >= 0.3 is 0 Å². The number of benzene rings is 2. The highest BCUT2D eigenvalue weighted by molar-refractivity contribution is 5.48. The summed E-state index contributed by atoms with van der Waals surface area (Å²) < 4.78 is 49.4. The van der Waals surface area contributed by atoms with Crippen molar-refractivity contribution >= 4 is 0 Å². The second kappa shape index (κ2) is 12.5. The van der Waals surface area contributed by atoms with Crippen molar-refractivity contribution in [3.8, 4) is 23.0 Å². The minimum Gasteiger partial charge on any atom is -0.496 e. The molecule has 210 valence electrons. The van der Waals surface area contributed by atoms with Crippen LogP contribution >= 0.6 is 0 Å². The van der Waals surface area contributed by atoms with Gasteiger partial charge in [0.1, 0.15) is 24.7 Å². The van der Waals surface area contributed by atoms with Crippen LogP contribution in [-0.2, 0) is 12.8 Å². The standard InChI is InChI=1S/C17H24FNO2.C13H18FNO2/c1-11(2)19(12-5-4-6-12)13-9-14-16(20-3)8-7-15(18)17(14)21-10-13;1-8(2)15-9-6-10-12(16-3)5-4-11(14)13(10)17-7-9/h7-8,11-13H,4-6,9-10H2,1-3H3;4-5,8-9,15H,6-7H2,1-3H3/t13-;9-/m11/s1. The Bertz CT molecular complexity index is 1090. The smallest absolute Gasteiger partial charge is 0.165 e. The van der Waals surface area contributed by atoms with E-state index in [1.807, 2.05) is 0 Å². The Balaban J connectivity index is 0.000000181. The Kier molecular flexibility index (Phi) is 9.36. The summed E-state index contributed by atoms with van der Waals surface area (Å²) in [4.78, 5) is 2.55. The largest absolute Gasteiger partial charge is 0.496 e. The molecule has 38 heavy (non-hydrogen) atoms. The van der Waals surface area contributed by atoms with Gasteiger partial charge in [-0.3, -0.25) is 4.90 Å². The number of halogens is 2. The number of methoxy groups -OCH3 is 2. The molecule has 0 amide bonds. The highest BCUT2D eigenvalue weighted by Crippen LogP contribution is 2.39. The Morgan fingerprint density at radius 2 is 1.37 bits per heavy atom. The van der Waals surface area contributed by atoms with Crippen molar-refractivity contribution in [3.05, 3.63) is 47.0 Å². The maximum Gasteiger partial charge on any atom is 0.165 e. The summed E-state index contributed by atoms with van der Waals surface area (Å²) >= 11 is 0. The number of ether oxygens (including phenoxy) is 4. The van der Waals surface area contributed by atoms with E-state index in [0.717, 1.165) is 29.7 Å². The zero-order valence-electron chi connectivity index (χ0n) is 23.5. The zero-order valence-corrected chi connectivity index (χ0v) is 23.5. The van der Waals surface area contributed by atoms with E-state index in [1.54, 1.807) is 26.4 Å². The Morgan fingerprint density at radius 3 is 1.84 bits per heavy atom. The first-order chi connectivity index (χ1) is 18.2. The molecule has 2 heterocycles. The molecule has 2 aliphatic heterocycles. The average molecular weight is 533 g/mol. The van der Waals surface area contributed by atoms with Gasteiger partial charge in [-0.1, -0.05) is 20.3 Å². The van der Waals surface area contributed by atoms with Crippen LogP contribution in [0.3, 0.4) is 0 Å². The maximum absolute atomic E-state index is 13.9. The lowest BCUT2D eigenvalue weighted by molar-refractivity contribution is 0.0181. The van der Waals surface area contributed by atoms with Gasteiger partial charge in [-0.2, -0.15) is 0 Å². The van der Waals surface area contributed by atoms with Crippen molar-refractivity contribution in [2.24, 2.45) is 0 Å². The lowest BCUT2D eigenvalue weighted by Crippen LogP contribution is -2.54. The van der Waals surface area contributed by atoms with E-state index in [2.05, 4.69) is 37.9 Å². The van der Waals surface area contributed by atoms with Crippen molar-refractivity contribution in [2.45, 2.75) is 90.0 Å². The topological polar surface area (TPSA) is 52.2 Å². The lowest BCUT2D eigenvalue weighted by Gasteiger charge is -2.46. The normalized spacial score (nSPS) is 20.5. The molecule has 1 N–H and O–H groups in total. The first kappa shape index (κ1) is 28.4. The molecule has 1 aliphatic carbocycles. The Morgan fingerprint density at radius 1 is 0.816 bits per heavy atom. The van der Waals surface area contributed by atoms with Gasteiger partial charge in [-0.25, -0.2) is 8.78 Å². The molecule has 0 bridgehead atoms. The van der Waals surface area contributed by atoms with E-state index in [9.17, 15) is 8.78 Å². The molecule has 2 atom stereocenters. The summed E-state index contributed by atoms with van der Waals surface area (Å²) in [5.74, 6) is 1.53. The van der Waals surface area contributed by atoms with Crippen molar-refractivity contribution in [1.29, 1.82) is 0 Å². The van der Waals surface area contributed by atoms with Gasteiger partial charge in [0.05, 0.1) is 14.2 Å². The number of nitrogens with one attached hydrogen (secondary N) is 1. The second-order valence-electron chi connectivity index (χ2n) is 10.9. The van der Waals surface area contributed by atoms with E-state index >= 15 is 0 Å². The first-order valence-electron chi connectivity index (χ1n) is 13.7. The maximum atomic E-state index is 13.9. The average Bonchev–Trinajstić information content (AvgIpc) is 2.86. The van der Waals surface area contributed by atoms with Gasteiger partial charge in [-0.05, 0) is 63.8 Å². The van der Waals surface area contributed by atoms with E-state index in [0.29, 0.717) is 54.6 Å². The molecule has 2 aromatic rings. The van der Waals surface area contributed by atoms with E-state index in [-0.39, 0.29) is 17.7 Å². The van der Waals surface area contributed by atoms with Crippen LogP contribution in [0, 0.1) is 11.6 Å². The Hall–Kier alpha value is -2.58. The third-order valence-corrected chi connectivity index (χ3v) is 7.60. The number of hydrogen-bond acceptors (Lipinski definition) is 6. The third kappa shape index (κ3) is 6.18. The molecule has 2 aromatic carbocycles. The van der Waals surface area contributed by atoms with Crippen molar-refractivity contribution < 1.29 is 27.7 Å². The third-order valence-electron chi connectivity index (χ3n) is 7.60. The van der Waals surface area contributed by atoms with Gasteiger partial charge < -0.3 is 24.3 Å². The van der Waals surface area contributed by atoms with Gasteiger partial charge in [0.2, 0.25) is 0 Å². The fourth-order valence-corrected chi connectivity index (χ4v) is 5.80. The van der Waals surface area contributed by atoms with E-state index in [4.69, 9.17) is 18.9 Å². The fourth-order valence-electron chi connectivity index (χ4n) is 5.80. The van der Waals surface area contributed by atoms with Gasteiger partial charge in [0.15, 0.2) is 23.1 Å². The van der Waals surface area contributed by atoms with Crippen molar-refractivity contribution in [2.75, 3.05) is 27.4 Å². The van der Waals surface area contributed by atoms with Crippen LogP contribution in [0.5, 0.6) is 23.0 Å². The molecule has 5 rings (SSSR count). The summed E-state index contributed by atoms with van der Waals surface area (Å²) in [7, 11) is 3.22. The molecule has 0 radical (unpaired) electrons. The van der Waals surface area contributed by atoms with Crippen LogP contribution < -0.4 is 24.3 Å². The van der Waals surface area contributed by atoms with E-state index in [1.165, 1.54) is 31.4 Å². The molecule has 0 spiro atoms. The highest BCUT2D eigenvalue weighted by atomic mass is 19.1. The number of hydrogen-bond donors (Lipinski definition) is 1. The molecular weight excluding hydrogens is 490 g/mol. The molecule has 1 fully saturated rings. The van der Waals surface area contributed by atoms with Crippen LogP contribution in [0.25, 0.3) is 0 Å². The molecule has 1 saturated carbocycles. The van der Waals surface area contributed by atoms with Crippen molar-refractivity contribution in [1.82, 2.24) is 10.2 Å². The number of rotatable bonds is 7. The van der Waals surface area contributed by atoms with Crippen LogP contribution in [-0.4, -0.2) is 62.5 Å². The summed E-state index contributed by atoms with van der Waals surface area (Å²) in [6.45, 7) is 9.69. The minimum atomic E-state index is -0.316. The molecule has 8 heteroatoms. The molecule has 0 saturated heterocycles. The lowest BCUT2D eigenvalue weighted by atomic mass is 9.87. The summed E-state index contributed by atoms with van der Waals surface area (Å²) in [6, 6.07) is 8.17. The first-order valence-corrected chi connectivity index (χ1v) is 13.7. The summed E-state index contributed by atoms with van der Waals surface area (Å²) in [6.07, 6.45) is 5.37. The van der Waals surface area contributed by atoms with E-state index < -0.39 is 0 Å². The van der Waals surface area contributed by atoms with Crippen molar-refractivity contribution in [3.63, 3.8) is 0 Å². The highest BCUT2D eigenvalue weighted by Gasteiger charge is 2.36. The zero-order chi connectivity index (χ0) is 27.4. The SMILES string of the molecule is COc1ccc(F)c2c1C[C@@H](N(C(C)C)C1CCC1)CO2.COc1ccc(F)c2c1C[C@@H](NC(C)C)CO2. The number of fused-ring (bicyclic) bond motifs is 2. The Labute approximate surface area is 225 Å². The fraction of sp³-hybridized carbons (Fsp3) is 0.600. The van der Waals surface area contributed by atoms with Gasteiger partial charge in [-0.15, -0.1) is 0 Å².